The van der Waals surface area contributed by atoms with Gasteiger partial charge in [0.2, 0.25) is 5.91 Å². The monoisotopic (exact) mass is 742 g/mol. The number of hydrogen-bond acceptors (Lipinski definition) is 6. The van der Waals surface area contributed by atoms with Crippen molar-refractivity contribution in [3.63, 3.8) is 0 Å². The van der Waals surface area contributed by atoms with Crippen LogP contribution in [0.3, 0.4) is 0 Å². The number of benzene rings is 5. The van der Waals surface area contributed by atoms with Crippen LogP contribution in [-0.2, 0) is 16.6 Å². The molecule has 9 heteroatoms. The third-order valence-corrected chi connectivity index (χ3v) is 11.4. The van der Waals surface area contributed by atoms with Crippen LogP contribution in [0.4, 0.5) is 0 Å². The number of methoxy groups -OCH3 is 2. The molecule has 0 radical (unpaired) electrons. The summed E-state index contributed by atoms with van der Waals surface area (Å²) < 4.78 is 12.8. The number of amides is 1. The number of nitrogens with zero attached hydrogens (tertiary/aromatic N) is 3. The van der Waals surface area contributed by atoms with Crippen LogP contribution >= 0.6 is 23.4 Å². The molecule has 53 heavy (non-hydrogen) atoms. The minimum absolute atomic E-state index is 0.0651. The standard InChI is InChI=1S/C44H43ClN4O3S/c1-30-29-33(45)19-24-40(30)49-41(32-17-22-35(52-3)23-18-32)47-48-43(49)53-28-10-4-9-26-44(42(50)46-27-25-31-15-20-34(51-2)21-16-31)38-13-7-5-11-36(38)37-12-6-8-14-39(37)44/h5-8,11-24,29H,4,9-10,25-28H2,1-3H3,(H,46,50). The molecule has 0 aliphatic heterocycles. The quantitative estimate of drug-likeness (QED) is 0.0834. The lowest BCUT2D eigenvalue weighted by Crippen LogP contribution is -2.45. The van der Waals surface area contributed by atoms with Crippen molar-refractivity contribution in [1.82, 2.24) is 20.1 Å². The smallest absolute Gasteiger partial charge is 0.235 e. The van der Waals surface area contributed by atoms with Gasteiger partial charge in [-0.15, -0.1) is 10.2 Å². The Bertz CT molecular complexity index is 2150. The van der Waals surface area contributed by atoms with E-state index in [0.717, 1.165) is 105 Å². The first-order valence-corrected chi connectivity index (χ1v) is 19.4. The highest BCUT2D eigenvalue weighted by molar-refractivity contribution is 7.99. The molecule has 0 unspecified atom stereocenters. The zero-order valence-corrected chi connectivity index (χ0v) is 31.8. The van der Waals surface area contributed by atoms with Gasteiger partial charge in [-0.3, -0.25) is 9.36 Å². The lowest BCUT2D eigenvalue weighted by molar-refractivity contribution is -0.125. The topological polar surface area (TPSA) is 78.3 Å². The minimum Gasteiger partial charge on any atom is -0.497 e. The highest BCUT2D eigenvalue weighted by atomic mass is 35.5. The molecule has 270 valence electrons. The van der Waals surface area contributed by atoms with E-state index in [9.17, 15) is 4.79 Å². The molecule has 1 aromatic heterocycles. The van der Waals surface area contributed by atoms with Crippen LogP contribution in [0.1, 0.15) is 47.9 Å². The van der Waals surface area contributed by atoms with Crippen LogP contribution in [-0.4, -0.2) is 47.2 Å². The maximum atomic E-state index is 14.5. The summed E-state index contributed by atoms with van der Waals surface area (Å²) in [5, 5.41) is 14.2. The van der Waals surface area contributed by atoms with Gasteiger partial charge in [-0.2, -0.15) is 0 Å². The fraction of sp³-hybridized carbons (Fsp3) is 0.250. The Morgan fingerprint density at radius 1 is 0.792 bits per heavy atom. The van der Waals surface area contributed by atoms with E-state index >= 15 is 0 Å². The number of unbranched alkanes of at least 4 members (excludes halogenated alkanes) is 2. The van der Waals surface area contributed by atoms with Crippen molar-refractivity contribution in [2.45, 2.75) is 49.6 Å². The molecule has 0 saturated carbocycles. The number of rotatable bonds is 15. The molecular formula is C44H43ClN4O3S. The van der Waals surface area contributed by atoms with Crippen molar-refractivity contribution in [2.75, 3.05) is 26.5 Å². The molecule has 1 N–H and O–H groups in total. The molecule has 1 aliphatic carbocycles. The summed E-state index contributed by atoms with van der Waals surface area (Å²) in [6.45, 7) is 2.61. The molecule has 0 bridgehead atoms. The first-order valence-electron chi connectivity index (χ1n) is 18.0. The van der Waals surface area contributed by atoms with Crippen molar-refractivity contribution in [3.05, 3.63) is 143 Å². The van der Waals surface area contributed by atoms with E-state index in [-0.39, 0.29) is 5.91 Å². The van der Waals surface area contributed by atoms with Crippen LogP contribution in [0.15, 0.2) is 120 Å². The molecule has 0 atom stereocenters. The fourth-order valence-corrected chi connectivity index (χ4v) is 8.60. The first kappa shape index (κ1) is 36.3. The number of hydrogen-bond donors (Lipinski definition) is 1. The third kappa shape index (κ3) is 7.44. The zero-order chi connectivity index (χ0) is 36.8. The number of carbonyl (C=O) groups is 1. The fourth-order valence-electron chi connectivity index (χ4n) is 7.43. The second-order valence-corrected chi connectivity index (χ2v) is 14.8. The summed E-state index contributed by atoms with van der Waals surface area (Å²) in [7, 11) is 3.33. The summed E-state index contributed by atoms with van der Waals surface area (Å²) in [5.74, 6) is 3.30. The minimum atomic E-state index is -0.750. The molecule has 5 aromatic carbocycles. The molecule has 0 fully saturated rings. The summed E-state index contributed by atoms with van der Waals surface area (Å²) in [6, 6.07) is 38.6. The Morgan fingerprint density at radius 2 is 1.43 bits per heavy atom. The van der Waals surface area contributed by atoms with Gasteiger partial charge in [0.05, 0.1) is 19.9 Å². The predicted molar refractivity (Wildman–Crippen MR) is 215 cm³/mol. The summed E-state index contributed by atoms with van der Waals surface area (Å²) >= 11 is 8.04. The average molecular weight is 743 g/mol. The number of ether oxygens (including phenoxy) is 2. The van der Waals surface area contributed by atoms with Gasteiger partial charge in [-0.05, 0) is 114 Å². The molecule has 0 saturated heterocycles. The van der Waals surface area contributed by atoms with E-state index < -0.39 is 5.41 Å². The predicted octanol–water partition coefficient (Wildman–Crippen LogP) is 9.89. The van der Waals surface area contributed by atoms with E-state index in [1.54, 1.807) is 26.0 Å². The van der Waals surface area contributed by atoms with Crippen molar-refractivity contribution >= 4 is 29.3 Å². The van der Waals surface area contributed by atoms with Crippen molar-refractivity contribution in [1.29, 1.82) is 0 Å². The van der Waals surface area contributed by atoms with Crippen molar-refractivity contribution in [2.24, 2.45) is 0 Å². The molecule has 7 rings (SSSR count). The Hall–Kier alpha value is -5.05. The zero-order valence-electron chi connectivity index (χ0n) is 30.3. The highest BCUT2D eigenvalue weighted by Gasteiger charge is 2.48. The van der Waals surface area contributed by atoms with Crippen LogP contribution in [0, 0.1) is 6.92 Å². The van der Waals surface area contributed by atoms with E-state index in [1.165, 1.54) is 0 Å². The highest BCUT2D eigenvalue weighted by Crippen LogP contribution is 2.51. The molecule has 6 aromatic rings. The van der Waals surface area contributed by atoms with Gasteiger partial charge in [0, 0.05) is 22.9 Å². The van der Waals surface area contributed by atoms with Gasteiger partial charge in [-0.1, -0.05) is 96.9 Å². The van der Waals surface area contributed by atoms with E-state index in [2.05, 4.69) is 87.7 Å². The molecule has 1 aliphatic rings. The second kappa shape index (κ2) is 16.3. The van der Waals surface area contributed by atoms with Crippen molar-refractivity contribution in [3.8, 4) is 39.7 Å². The van der Waals surface area contributed by atoms with Crippen LogP contribution < -0.4 is 14.8 Å². The second-order valence-electron chi connectivity index (χ2n) is 13.3. The van der Waals surface area contributed by atoms with Gasteiger partial charge in [0.25, 0.3) is 0 Å². The van der Waals surface area contributed by atoms with E-state index in [1.807, 2.05) is 54.6 Å². The molecule has 0 spiro atoms. The average Bonchev–Trinajstić information content (AvgIpc) is 3.74. The number of halogens is 1. The third-order valence-electron chi connectivity index (χ3n) is 10.1. The van der Waals surface area contributed by atoms with Gasteiger partial charge in [0.1, 0.15) is 16.9 Å². The molecule has 1 amide bonds. The van der Waals surface area contributed by atoms with E-state index in [4.69, 9.17) is 21.1 Å². The number of carbonyl (C=O) groups excluding carboxylic acids is 1. The van der Waals surface area contributed by atoms with Gasteiger partial charge >= 0.3 is 0 Å². The Labute approximate surface area is 320 Å². The Kier molecular flexibility index (Phi) is 11.2. The van der Waals surface area contributed by atoms with Crippen LogP contribution in [0.5, 0.6) is 11.5 Å². The van der Waals surface area contributed by atoms with Gasteiger partial charge in [0.15, 0.2) is 11.0 Å². The number of nitrogens with one attached hydrogen (secondary N) is 1. The van der Waals surface area contributed by atoms with Gasteiger partial charge in [-0.25, -0.2) is 0 Å². The Balaban J connectivity index is 1.06. The van der Waals surface area contributed by atoms with Crippen molar-refractivity contribution < 1.29 is 14.3 Å². The number of aryl methyl sites for hydroxylation is 1. The lowest BCUT2D eigenvalue weighted by Gasteiger charge is -2.31. The molecule has 7 nitrogen and oxygen atoms in total. The molecule has 1 heterocycles. The molecular weight excluding hydrogens is 700 g/mol. The maximum Gasteiger partial charge on any atom is 0.235 e. The number of aromatic nitrogens is 3. The maximum absolute atomic E-state index is 14.5. The largest absolute Gasteiger partial charge is 0.497 e. The summed E-state index contributed by atoms with van der Waals surface area (Å²) in [6.07, 6.45) is 4.30. The van der Waals surface area contributed by atoms with Crippen LogP contribution in [0.25, 0.3) is 28.2 Å². The van der Waals surface area contributed by atoms with Gasteiger partial charge < -0.3 is 14.8 Å². The number of thioether (sulfide) groups is 1. The summed E-state index contributed by atoms with van der Waals surface area (Å²) in [4.78, 5) is 14.5. The first-order chi connectivity index (χ1) is 25.9. The Morgan fingerprint density at radius 3 is 2.08 bits per heavy atom. The summed E-state index contributed by atoms with van der Waals surface area (Å²) in [5.41, 5.74) is 7.86. The van der Waals surface area contributed by atoms with E-state index in [0.29, 0.717) is 11.6 Å². The SMILES string of the molecule is COc1ccc(CCNC(=O)C2(CCCCCSc3nnc(-c4ccc(OC)cc4)n3-c3ccc(Cl)cc3C)c3ccccc3-c3ccccc32)cc1. The van der Waals surface area contributed by atoms with Crippen LogP contribution in [0.2, 0.25) is 5.02 Å². The number of fused-ring (bicyclic) bond motifs is 3. The lowest BCUT2D eigenvalue weighted by atomic mass is 9.73. The normalized spacial score (nSPS) is 12.6.